The van der Waals surface area contributed by atoms with Crippen LogP contribution in [0.2, 0.25) is 5.02 Å². The number of carbonyl (C=O) groups excluding carboxylic acids is 1. The monoisotopic (exact) mass is 496 g/mol. The van der Waals surface area contributed by atoms with Gasteiger partial charge < -0.3 is 24.5 Å². The molecule has 0 radical (unpaired) electrons. The maximum absolute atomic E-state index is 13.4. The smallest absolute Gasteiger partial charge is 0.444 e. The van der Waals surface area contributed by atoms with Gasteiger partial charge in [-0.2, -0.15) is 0 Å². The van der Waals surface area contributed by atoms with Gasteiger partial charge in [0.15, 0.2) is 0 Å². The average molecular weight is 497 g/mol. The van der Waals surface area contributed by atoms with E-state index in [-0.39, 0.29) is 37.3 Å². The number of hydrogen-bond acceptors (Lipinski definition) is 6. The van der Waals surface area contributed by atoms with E-state index >= 15 is 0 Å². The van der Waals surface area contributed by atoms with Crippen LogP contribution in [-0.4, -0.2) is 44.3 Å². The van der Waals surface area contributed by atoms with E-state index in [0.717, 1.165) is 12.1 Å². The van der Waals surface area contributed by atoms with Crippen molar-refractivity contribution in [1.82, 2.24) is 14.5 Å². The molecule has 13 heteroatoms. The molecule has 2 aromatic carbocycles. The zero-order valence-corrected chi connectivity index (χ0v) is 18.0. The number of aromatic nitrogens is 2. The molecule has 0 saturated carbocycles. The van der Waals surface area contributed by atoms with Crippen molar-refractivity contribution < 1.29 is 32.4 Å². The Kier molecular flexibility index (Phi) is 6.33. The molecule has 2 heterocycles. The minimum absolute atomic E-state index is 0.00966. The third kappa shape index (κ3) is 5.39. The third-order valence-corrected chi connectivity index (χ3v) is 5.24. The molecule has 0 saturated heterocycles. The van der Waals surface area contributed by atoms with Crippen molar-refractivity contribution in [2.45, 2.75) is 25.5 Å². The van der Waals surface area contributed by atoms with Crippen LogP contribution in [0.3, 0.4) is 0 Å². The van der Waals surface area contributed by atoms with Gasteiger partial charge in [0.05, 0.1) is 12.6 Å². The lowest BCUT2D eigenvalue weighted by Gasteiger charge is -2.34. The molecule has 1 atom stereocenters. The molecule has 0 fully saturated rings. The molecule has 0 bridgehead atoms. The number of alkyl halides is 3. The van der Waals surface area contributed by atoms with Crippen LogP contribution < -0.4 is 9.47 Å². The second kappa shape index (κ2) is 9.21. The first-order chi connectivity index (χ1) is 16.1. The predicted molar refractivity (Wildman–Crippen MR) is 113 cm³/mol. The van der Waals surface area contributed by atoms with Crippen molar-refractivity contribution in [3.8, 4) is 11.8 Å². The van der Waals surface area contributed by atoms with Gasteiger partial charge >= 0.3 is 18.2 Å². The first-order valence-electron chi connectivity index (χ1n) is 9.84. The molecule has 0 aliphatic carbocycles. The fourth-order valence-electron chi connectivity index (χ4n) is 3.51. The van der Waals surface area contributed by atoms with Crippen molar-refractivity contribution in [2.75, 3.05) is 6.61 Å². The molecule has 1 aliphatic rings. The maximum Gasteiger partial charge on any atom is 0.573 e. The number of halogens is 4. The summed E-state index contributed by atoms with van der Waals surface area (Å²) in [5.41, 5.74) is 0.833. The fourth-order valence-corrected chi connectivity index (χ4v) is 3.70. The molecular formula is C21H16ClF3N4O5. The number of amides is 1. The zero-order valence-electron chi connectivity index (χ0n) is 17.2. The van der Waals surface area contributed by atoms with E-state index in [4.69, 9.17) is 16.3 Å². The highest BCUT2D eigenvalue weighted by Crippen LogP contribution is 2.27. The molecular weight excluding hydrogens is 481 g/mol. The van der Waals surface area contributed by atoms with Crippen molar-refractivity contribution >= 4 is 23.3 Å². The van der Waals surface area contributed by atoms with Crippen LogP contribution >= 0.6 is 11.6 Å². The molecule has 9 nitrogen and oxygen atoms in total. The molecule has 3 aromatic rings. The Balaban J connectivity index is 1.61. The zero-order chi connectivity index (χ0) is 24.5. The Labute approximate surface area is 195 Å². The summed E-state index contributed by atoms with van der Waals surface area (Å²) < 4.78 is 48.2. The fraction of sp³-hybridized carbons (Fsp3) is 0.238. The van der Waals surface area contributed by atoms with Gasteiger partial charge in [0.2, 0.25) is 0 Å². The number of nitrogens with zero attached hydrogens (tertiary/aromatic N) is 4. The van der Waals surface area contributed by atoms with E-state index in [1.807, 2.05) is 0 Å². The van der Waals surface area contributed by atoms with Crippen molar-refractivity contribution in [3.63, 3.8) is 0 Å². The van der Waals surface area contributed by atoms with Gasteiger partial charge in [-0.3, -0.25) is 9.36 Å². The number of hydrogen-bond donors (Lipinski definition) is 0. The van der Waals surface area contributed by atoms with Crippen LogP contribution in [0.15, 0.2) is 54.7 Å². The number of nitro groups is 1. The van der Waals surface area contributed by atoms with Gasteiger partial charge in [0, 0.05) is 22.1 Å². The molecule has 1 aliphatic heterocycles. The molecule has 1 aromatic heterocycles. The van der Waals surface area contributed by atoms with Gasteiger partial charge in [-0.15, -0.1) is 13.2 Å². The van der Waals surface area contributed by atoms with Gasteiger partial charge in [-0.25, -0.2) is 0 Å². The van der Waals surface area contributed by atoms with Crippen LogP contribution in [0, 0.1) is 10.1 Å². The summed E-state index contributed by atoms with van der Waals surface area (Å²) in [6.45, 7) is 0.200. The average Bonchev–Trinajstić information content (AvgIpc) is 3.21. The molecule has 0 spiro atoms. The Morgan fingerprint density at radius 2 is 2.03 bits per heavy atom. The molecule has 4 rings (SSSR count). The normalized spacial score (nSPS) is 15.2. The Morgan fingerprint density at radius 1 is 1.29 bits per heavy atom. The number of imidazole rings is 1. The Morgan fingerprint density at radius 3 is 2.68 bits per heavy atom. The minimum atomic E-state index is -4.82. The van der Waals surface area contributed by atoms with E-state index < -0.39 is 23.2 Å². The lowest BCUT2D eigenvalue weighted by Crippen LogP contribution is -2.47. The minimum Gasteiger partial charge on any atom is -0.444 e. The van der Waals surface area contributed by atoms with Gasteiger partial charge in [0.1, 0.15) is 18.6 Å². The highest BCUT2D eigenvalue weighted by atomic mass is 35.5. The summed E-state index contributed by atoms with van der Waals surface area (Å²) in [6.07, 6.45) is -3.60. The van der Waals surface area contributed by atoms with E-state index in [1.54, 1.807) is 18.2 Å². The van der Waals surface area contributed by atoms with Crippen molar-refractivity contribution in [2.24, 2.45) is 0 Å². The quantitative estimate of drug-likeness (QED) is 0.369. The highest BCUT2D eigenvalue weighted by Gasteiger charge is 2.34. The number of rotatable bonds is 6. The summed E-state index contributed by atoms with van der Waals surface area (Å²) in [5.74, 6) is -1.17. The van der Waals surface area contributed by atoms with E-state index in [1.165, 1.54) is 33.9 Å². The lowest BCUT2D eigenvalue weighted by molar-refractivity contribution is -0.389. The largest absolute Gasteiger partial charge is 0.573 e. The standard InChI is InChI=1S/C21H16ClF3N4O5/c22-15-3-1-2-14(8-15)19(30)28(9-13-4-6-17(7-5-13)34-21(23,24)25)16-10-27-11-18(29(31)32)26-20(27)33-12-16/h1-8,11,16H,9-10,12H2/t16-/m0/s1. The second-order valence-electron chi connectivity index (χ2n) is 7.39. The topological polar surface area (TPSA) is 99.7 Å². The second-order valence-corrected chi connectivity index (χ2v) is 7.83. The summed E-state index contributed by atoms with van der Waals surface area (Å²) in [5, 5.41) is 11.4. The summed E-state index contributed by atoms with van der Waals surface area (Å²) in [6, 6.07) is 10.9. The lowest BCUT2D eigenvalue weighted by atomic mass is 10.1. The van der Waals surface area contributed by atoms with Crippen molar-refractivity contribution in [3.05, 3.63) is 81.0 Å². The van der Waals surface area contributed by atoms with Crippen LogP contribution in [-0.2, 0) is 13.1 Å². The third-order valence-electron chi connectivity index (χ3n) is 5.01. The maximum atomic E-state index is 13.4. The summed E-state index contributed by atoms with van der Waals surface area (Å²) >= 11 is 6.03. The molecule has 178 valence electrons. The molecule has 34 heavy (non-hydrogen) atoms. The van der Waals surface area contributed by atoms with Crippen LogP contribution in [0.25, 0.3) is 0 Å². The Hall–Kier alpha value is -3.80. The van der Waals surface area contributed by atoms with Crippen molar-refractivity contribution in [1.29, 1.82) is 0 Å². The van der Waals surface area contributed by atoms with Gasteiger partial charge in [-0.05, 0) is 40.8 Å². The molecule has 0 N–H and O–H groups in total. The van der Waals surface area contributed by atoms with E-state index in [9.17, 15) is 28.1 Å². The number of fused-ring (bicyclic) bond motifs is 1. The Bertz CT molecular complexity index is 1220. The highest BCUT2D eigenvalue weighted by molar-refractivity contribution is 6.30. The predicted octanol–water partition coefficient (Wildman–Crippen LogP) is 4.45. The molecule has 0 unspecified atom stereocenters. The number of benzene rings is 2. The SMILES string of the molecule is O=C(c1cccc(Cl)c1)N(Cc1ccc(OC(F)(F)F)cc1)[C@@H]1COc2nc([N+](=O)[O-])cn2C1. The van der Waals surface area contributed by atoms with Gasteiger partial charge in [-0.1, -0.05) is 29.8 Å². The number of ether oxygens (including phenoxy) is 2. The summed E-state index contributed by atoms with van der Waals surface area (Å²) in [4.78, 5) is 29.0. The van der Waals surface area contributed by atoms with E-state index in [2.05, 4.69) is 9.72 Å². The van der Waals surface area contributed by atoms with E-state index in [0.29, 0.717) is 16.1 Å². The first kappa shape index (κ1) is 23.4. The summed E-state index contributed by atoms with van der Waals surface area (Å²) in [7, 11) is 0. The number of carbonyl (C=O) groups is 1. The van der Waals surface area contributed by atoms with Crippen LogP contribution in [0.5, 0.6) is 11.8 Å². The molecule has 1 amide bonds. The van der Waals surface area contributed by atoms with Crippen LogP contribution in [0.4, 0.5) is 19.0 Å². The van der Waals surface area contributed by atoms with Gasteiger partial charge in [0.25, 0.3) is 5.91 Å². The first-order valence-corrected chi connectivity index (χ1v) is 10.2. The van der Waals surface area contributed by atoms with Crippen LogP contribution in [0.1, 0.15) is 15.9 Å².